The summed E-state index contributed by atoms with van der Waals surface area (Å²) in [5.41, 5.74) is 0. The van der Waals surface area contributed by atoms with Crippen LogP contribution in [-0.4, -0.2) is 49.0 Å². The summed E-state index contributed by atoms with van der Waals surface area (Å²) in [6, 6.07) is 20.3. The van der Waals surface area contributed by atoms with Gasteiger partial charge in [0, 0.05) is 0 Å². The van der Waals surface area contributed by atoms with E-state index in [0.717, 1.165) is 10.4 Å². The summed E-state index contributed by atoms with van der Waals surface area (Å²) in [4.78, 5) is 13.8. The van der Waals surface area contributed by atoms with E-state index in [4.69, 9.17) is 14.2 Å². The van der Waals surface area contributed by atoms with Gasteiger partial charge in [0.15, 0.2) is 25.2 Å². The van der Waals surface area contributed by atoms with Crippen molar-refractivity contribution in [3.8, 4) is 0 Å². The van der Waals surface area contributed by atoms with Gasteiger partial charge < -0.3 is 19.3 Å². The lowest BCUT2D eigenvalue weighted by atomic mass is 10.1. The molecule has 0 spiro atoms. The SMILES string of the molecule is CC1(C)O[C@@H]2[C@@H](CO)OC(=O)[C@]2([Si](c2ccccc2)(c2ccccc2)C(C)(C)C)O1. The highest BCUT2D eigenvalue weighted by atomic mass is 28.3. The summed E-state index contributed by atoms with van der Waals surface area (Å²) in [6.45, 7) is 9.84. The average Bonchev–Trinajstić information content (AvgIpc) is 3.12. The minimum Gasteiger partial charge on any atom is -0.455 e. The lowest BCUT2D eigenvalue weighted by molar-refractivity contribution is -0.193. The summed E-state index contributed by atoms with van der Waals surface area (Å²) in [6.07, 6.45) is -1.46. The maximum Gasteiger partial charge on any atom is 0.339 e. The molecule has 2 heterocycles. The molecule has 0 unspecified atom stereocenters. The lowest BCUT2D eigenvalue weighted by Gasteiger charge is -2.51. The normalized spacial score (nSPS) is 28.3. The quantitative estimate of drug-likeness (QED) is 0.601. The smallest absolute Gasteiger partial charge is 0.339 e. The molecular weight excluding hydrogens is 396 g/mol. The molecule has 4 rings (SSSR count). The third kappa shape index (κ3) is 2.74. The van der Waals surface area contributed by atoms with Crippen LogP contribution >= 0.6 is 0 Å². The van der Waals surface area contributed by atoms with E-state index in [2.05, 4.69) is 45.0 Å². The topological polar surface area (TPSA) is 65.0 Å². The van der Waals surface area contributed by atoms with E-state index in [1.165, 1.54) is 0 Å². The molecule has 0 bridgehead atoms. The molecule has 0 amide bonds. The Balaban J connectivity index is 2.14. The Morgan fingerprint density at radius 1 is 0.967 bits per heavy atom. The van der Waals surface area contributed by atoms with Gasteiger partial charge in [0.05, 0.1) is 6.61 Å². The number of cyclic esters (lactones) is 1. The van der Waals surface area contributed by atoms with Crippen molar-refractivity contribution in [2.45, 2.75) is 62.9 Å². The van der Waals surface area contributed by atoms with Crippen molar-refractivity contribution in [3.63, 3.8) is 0 Å². The van der Waals surface area contributed by atoms with Crippen LogP contribution in [0, 0.1) is 0 Å². The fourth-order valence-electron chi connectivity index (χ4n) is 5.61. The second-order valence-electron chi connectivity index (χ2n) is 9.63. The van der Waals surface area contributed by atoms with E-state index in [9.17, 15) is 9.90 Å². The summed E-state index contributed by atoms with van der Waals surface area (Å²) in [5.74, 6) is -1.42. The van der Waals surface area contributed by atoms with Gasteiger partial charge in [-0.1, -0.05) is 81.4 Å². The first kappa shape index (κ1) is 21.2. The molecule has 0 aliphatic carbocycles. The molecule has 3 atom stereocenters. The Hall–Kier alpha value is -1.99. The van der Waals surface area contributed by atoms with Crippen LogP contribution in [0.5, 0.6) is 0 Å². The molecule has 2 saturated heterocycles. The van der Waals surface area contributed by atoms with Crippen LogP contribution in [0.1, 0.15) is 34.6 Å². The average molecular weight is 427 g/mol. The number of benzene rings is 2. The fraction of sp³-hybridized carbons (Fsp3) is 0.458. The molecule has 2 aliphatic heterocycles. The highest BCUT2D eigenvalue weighted by molar-refractivity contribution is 7.08. The van der Waals surface area contributed by atoms with Gasteiger partial charge in [0.1, 0.15) is 6.10 Å². The minimum absolute atomic E-state index is 0.310. The number of carbonyl (C=O) groups is 1. The van der Waals surface area contributed by atoms with Crippen molar-refractivity contribution >= 4 is 24.4 Å². The lowest BCUT2D eigenvalue weighted by Crippen LogP contribution is -2.82. The van der Waals surface area contributed by atoms with Crippen LogP contribution in [-0.2, 0) is 19.0 Å². The first-order valence-corrected chi connectivity index (χ1v) is 12.4. The number of aliphatic hydroxyl groups excluding tert-OH is 1. The van der Waals surface area contributed by atoms with Gasteiger partial charge in [-0.15, -0.1) is 0 Å². The van der Waals surface area contributed by atoms with Crippen molar-refractivity contribution in [3.05, 3.63) is 60.7 Å². The molecule has 2 aromatic rings. The Morgan fingerprint density at radius 3 is 1.90 bits per heavy atom. The van der Waals surface area contributed by atoms with E-state index in [1.54, 1.807) is 0 Å². The predicted octanol–water partition coefficient (Wildman–Crippen LogP) is 2.40. The molecule has 0 radical (unpaired) electrons. The summed E-state index contributed by atoms with van der Waals surface area (Å²) in [5, 5.41) is 10.5. The van der Waals surface area contributed by atoms with Crippen LogP contribution < -0.4 is 10.4 Å². The monoisotopic (exact) mass is 426 g/mol. The van der Waals surface area contributed by atoms with Crippen LogP contribution in [0.2, 0.25) is 5.04 Å². The van der Waals surface area contributed by atoms with Crippen LogP contribution in [0.3, 0.4) is 0 Å². The highest BCUT2D eigenvalue weighted by Gasteiger charge is 2.79. The standard InChI is InChI=1S/C24H30O5Si/c1-22(2,3)30(17-12-8-6-9-13-17,18-14-10-7-11-15-18)24-20(28-23(4,5)29-24)19(16-25)27-21(24)26/h6-15,19-20,25H,16H2,1-5H3/t19-,20-,24+/m1/s1. The van der Waals surface area contributed by atoms with E-state index >= 15 is 0 Å². The van der Waals surface area contributed by atoms with Crippen LogP contribution in [0.4, 0.5) is 0 Å². The van der Waals surface area contributed by atoms with Crippen LogP contribution in [0.25, 0.3) is 0 Å². The maximum absolute atomic E-state index is 13.8. The Kier molecular flexibility index (Phi) is 4.97. The molecule has 5 nitrogen and oxygen atoms in total. The summed E-state index contributed by atoms with van der Waals surface area (Å²) >= 11 is 0. The number of hydrogen-bond donors (Lipinski definition) is 1. The Morgan fingerprint density at radius 2 is 1.47 bits per heavy atom. The number of esters is 1. The number of hydrogen-bond acceptors (Lipinski definition) is 5. The Labute approximate surface area is 179 Å². The van der Waals surface area contributed by atoms with E-state index < -0.39 is 37.3 Å². The van der Waals surface area contributed by atoms with E-state index in [-0.39, 0.29) is 11.6 Å². The molecule has 0 saturated carbocycles. The second-order valence-corrected chi connectivity index (χ2v) is 14.5. The van der Waals surface area contributed by atoms with Gasteiger partial charge in [0.2, 0.25) is 0 Å². The molecule has 6 heteroatoms. The number of carbonyl (C=O) groups excluding carboxylic acids is 1. The predicted molar refractivity (Wildman–Crippen MR) is 117 cm³/mol. The zero-order chi connectivity index (χ0) is 21.8. The zero-order valence-electron chi connectivity index (χ0n) is 18.2. The summed E-state index contributed by atoms with van der Waals surface area (Å²) < 4.78 is 18.7. The third-order valence-corrected chi connectivity index (χ3v) is 12.7. The molecule has 0 aromatic heterocycles. The van der Waals surface area contributed by atoms with Crippen molar-refractivity contribution in [1.29, 1.82) is 0 Å². The fourth-order valence-corrected chi connectivity index (χ4v) is 12.5. The highest BCUT2D eigenvalue weighted by Crippen LogP contribution is 2.55. The Bertz CT molecular complexity index is 882. The number of aliphatic hydroxyl groups is 1. The van der Waals surface area contributed by atoms with Crippen molar-refractivity contribution in [2.24, 2.45) is 0 Å². The van der Waals surface area contributed by atoms with Crippen molar-refractivity contribution < 1.29 is 24.1 Å². The molecule has 2 fully saturated rings. The van der Waals surface area contributed by atoms with E-state index in [1.807, 2.05) is 50.2 Å². The zero-order valence-corrected chi connectivity index (χ0v) is 19.2. The summed E-state index contributed by atoms with van der Waals surface area (Å²) in [7, 11) is -3.11. The largest absolute Gasteiger partial charge is 0.455 e. The number of fused-ring (bicyclic) bond motifs is 1. The maximum atomic E-state index is 13.8. The minimum atomic E-state index is -3.11. The molecular formula is C24H30O5Si. The number of ether oxygens (including phenoxy) is 3. The van der Waals surface area contributed by atoms with Crippen LogP contribution in [0.15, 0.2) is 60.7 Å². The first-order valence-electron chi connectivity index (χ1n) is 10.4. The molecule has 2 aromatic carbocycles. The molecule has 1 N–H and O–H groups in total. The molecule has 160 valence electrons. The second kappa shape index (κ2) is 7.02. The van der Waals surface area contributed by atoms with Gasteiger partial charge in [-0.25, -0.2) is 4.79 Å². The van der Waals surface area contributed by atoms with Gasteiger partial charge in [0.25, 0.3) is 0 Å². The van der Waals surface area contributed by atoms with Gasteiger partial charge in [-0.05, 0) is 29.3 Å². The van der Waals surface area contributed by atoms with Crippen molar-refractivity contribution in [1.82, 2.24) is 0 Å². The van der Waals surface area contributed by atoms with E-state index in [0.29, 0.717) is 0 Å². The van der Waals surface area contributed by atoms with Gasteiger partial charge >= 0.3 is 5.97 Å². The van der Waals surface area contributed by atoms with Gasteiger partial charge in [-0.2, -0.15) is 0 Å². The molecule has 30 heavy (non-hydrogen) atoms. The number of rotatable bonds is 4. The van der Waals surface area contributed by atoms with Gasteiger partial charge in [-0.3, -0.25) is 0 Å². The van der Waals surface area contributed by atoms with Crippen molar-refractivity contribution in [2.75, 3.05) is 6.61 Å². The third-order valence-electron chi connectivity index (χ3n) is 6.39. The first-order chi connectivity index (χ1) is 14.1. The molecule has 2 aliphatic rings.